The van der Waals surface area contributed by atoms with Gasteiger partial charge in [-0.15, -0.1) is 0 Å². The third kappa shape index (κ3) is 2.74. The molecule has 0 fully saturated rings. The minimum Gasteiger partial charge on any atom is -0.394 e. The Morgan fingerprint density at radius 3 is 3.08 bits per heavy atom. The van der Waals surface area contributed by atoms with Crippen LogP contribution in [0.1, 0.15) is 23.8 Å². The predicted octanol–water partition coefficient (Wildman–Crippen LogP) is 0.0388. The third-order valence-electron chi connectivity index (χ3n) is 1.64. The first-order valence-corrected chi connectivity index (χ1v) is 4.70. The molecule has 0 bridgehead atoms. The van der Waals surface area contributed by atoms with Gasteiger partial charge in [-0.3, -0.25) is 4.79 Å². The van der Waals surface area contributed by atoms with Gasteiger partial charge in [-0.1, -0.05) is 6.92 Å². The third-order valence-corrected chi connectivity index (χ3v) is 2.12. The number of nitrogens with one attached hydrogen (secondary N) is 1. The average Bonchev–Trinajstić information content (AvgIpc) is 2.66. The lowest BCUT2D eigenvalue weighted by molar-refractivity contribution is 0.0911. The lowest BCUT2D eigenvalue weighted by atomic mass is 10.2. The summed E-state index contributed by atoms with van der Waals surface area (Å²) < 4.78 is 7.48. The Bertz CT molecular complexity index is 259. The van der Waals surface area contributed by atoms with E-state index in [2.05, 4.69) is 14.1 Å². The van der Waals surface area contributed by atoms with Crippen molar-refractivity contribution in [2.75, 3.05) is 6.61 Å². The van der Waals surface area contributed by atoms with E-state index in [4.69, 9.17) is 5.11 Å². The molecule has 0 aliphatic carbocycles. The Hall–Kier alpha value is -1.01. The summed E-state index contributed by atoms with van der Waals surface area (Å²) in [5, 5.41) is 11.5. The van der Waals surface area contributed by atoms with Crippen LogP contribution in [0.5, 0.6) is 0 Å². The number of aromatic nitrogens is 2. The summed E-state index contributed by atoms with van der Waals surface area (Å²) in [5.41, 5.74) is 0.303. The summed E-state index contributed by atoms with van der Waals surface area (Å²) in [6.07, 6.45) is 2.10. The van der Waals surface area contributed by atoms with Crippen LogP contribution >= 0.6 is 11.7 Å². The first-order chi connectivity index (χ1) is 6.27. The van der Waals surface area contributed by atoms with Crippen LogP contribution < -0.4 is 5.32 Å². The first-order valence-electron chi connectivity index (χ1n) is 3.97. The Labute approximate surface area is 80.1 Å². The minimum absolute atomic E-state index is 0.0557. The lowest BCUT2D eigenvalue weighted by Gasteiger charge is -2.12. The maximum Gasteiger partial charge on any atom is 0.272 e. The van der Waals surface area contributed by atoms with Gasteiger partial charge in [0.25, 0.3) is 5.91 Å². The van der Waals surface area contributed by atoms with E-state index in [1.807, 2.05) is 6.92 Å². The molecule has 1 amide bonds. The quantitative estimate of drug-likeness (QED) is 0.721. The van der Waals surface area contributed by atoms with Crippen LogP contribution in [-0.2, 0) is 0 Å². The second-order valence-corrected chi connectivity index (χ2v) is 3.11. The van der Waals surface area contributed by atoms with Gasteiger partial charge in [-0.05, 0) is 6.42 Å². The topological polar surface area (TPSA) is 75.1 Å². The molecule has 1 heterocycles. The molecule has 72 valence electrons. The molecule has 0 radical (unpaired) electrons. The van der Waals surface area contributed by atoms with Gasteiger partial charge >= 0.3 is 0 Å². The van der Waals surface area contributed by atoms with Crippen LogP contribution in [-0.4, -0.2) is 32.4 Å². The summed E-state index contributed by atoms with van der Waals surface area (Å²) in [6, 6.07) is -0.200. The molecular formula is C7H11N3O2S. The van der Waals surface area contributed by atoms with Gasteiger partial charge in [-0.2, -0.15) is 8.75 Å². The predicted molar refractivity (Wildman–Crippen MR) is 48.5 cm³/mol. The van der Waals surface area contributed by atoms with Gasteiger partial charge in [-0.25, -0.2) is 0 Å². The molecule has 0 saturated heterocycles. The van der Waals surface area contributed by atoms with Gasteiger partial charge in [0.2, 0.25) is 0 Å². The van der Waals surface area contributed by atoms with Gasteiger partial charge in [0.15, 0.2) is 5.69 Å². The van der Waals surface area contributed by atoms with Crippen molar-refractivity contribution in [3.8, 4) is 0 Å². The number of aliphatic hydroxyl groups excluding tert-OH is 1. The molecule has 0 aromatic carbocycles. The van der Waals surface area contributed by atoms with Gasteiger partial charge < -0.3 is 10.4 Å². The maximum absolute atomic E-state index is 11.3. The van der Waals surface area contributed by atoms with Crippen LogP contribution in [0.2, 0.25) is 0 Å². The highest BCUT2D eigenvalue weighted by molar-refractivity contribution is 6.99. The molecule has 6 heteroatoms. The van der Waals surface area contributed by atoms with E-state index in [9.17, 15) is 4.79 Å². The van der Waals surface area contributed by atoms with Crippen molar-refractivity contribution < 1.29 is 9.90 Å². The molecule has 1 atom stereocenters. The molecule has 0 aliphatic rings. The fourth-order valence-electron chi connectivity index (χ4n) is 0.801. The second-order valence-electron chi connectivity index (χ2n) is 2.55. The molecule has 5 nitrogen and oxygen atoms in total. The smallest absolute Gasteiger partial charge is 0.272 e. The van der Waals surface area contributed by atoms with Crippen LogP contribution in [0.3, 0.4) is 0 Å². The molecule has 0 saturated carbocycles. The summed E-state index contributed by atoms with van der Waals surface area (Å²) >= 11 is 0.987. The highest BCUT2D eigenvalue weighted by Gasteiger charge is 2.12. The van der Waals surface area contributed by atoms with Crippen molar-refractivity contribution in [3.63, 3.8) is 0 Å². The molecular weight excluding hydrogens is 190 g/mol. The Kier molecular flexibility index (Phi) is 3.78. The first kappa shape index (κ1) is 10.1. The van der Waals surface area contributed by atoms with E-state index in [1.165, 1.54) is 6.20 Å². The van der Waals surface area contributed by atoms with Crippen LogP contribution in [0.15, 0.2) is 6.20 Å². The summed E-state index contributed by atoms with van der Waals surface area (Å²) in [5.74, 6) is -0.283. The second kappa shape index (κ2) is 4.88. The number of amides is 1. The number of nitrogens with zero attached hydrogens (tertiary/aromatic N) is 2. The number of carbonyl (C=O) groups is 1. The summed E-state index contributed by atoms with van der Waals surface area (Å²) in [6.45, 7) is 1.83. The van der Waals surface area contributed by atoms with Gasteiger partial charge in [0.1, 0.15) is 0 Å². The standard InChI is InChI=1S/C7H11N3O2S/c1-2-5(4-11)9-7(12)6-3-8-13-10-6/h3,5,11H,2,4H2,1H3,(H,9,12)/t5-/m1/s1. The largest absolute Gasteiger partial charge is 0.394 e. The zero-order chi connectivity index (χ0) is 9.68. The van der Waals surface area contributed by atoms with Crippen molar-refractivity contribution in [1.29, 1.82) is 0 Å². The molecule has 1 rings (SSSR count). The Morgan fingerprint density at radius 1 is 1.85 bits per heavy atom. The van der Waals surface area contributed by atoms with Crippen molar-refractivity contribution in [2.45, 2.75) is 19.4 Å². The number of hydrogen-bond donors (Lipinski definition) is 2. The van der Waals surface area contributed by atoms with Crippen molar-refractivity contribution in [1.82, 2.24) is 14.1 Å². The Balaban J connectivity index is 2.50. The maximum atomic E-state index is 11.3. The Morgan fingerprint density at radius 2 is 2.62 bits per heavy atom. The van der Waals surface area contributed by atoms with Gasteiger partial charge in [0, 0.05) is 0 Å². The number of aliphatic hydroxyl groups is 1. The minimum atomic E-state index is -0.283. The van der Waals surface area contributed by atoms with Crippen LogP contribution in [0.4, 0.5) is 0 Å². The lowest BCUT2D eigenvalue weighted by Crippen LogP contribution is -2.37. The van der Waals surface area contributed by atoms with E-state index in [0.29, 0.717) is 12.1 Å². The molecule has 1 aromatic rings. The molecule has 1 aromatic heterocycles. The number of rotatable bonds is 4. The molecule has 13 heavy (non-hydrogen) atoms. The molecule has 2 N–H and O–H groups in total. The summed E-state index contributed by atoms with van der Waals surface area (Å²) in [4.78, 5) is 11.3. The van der Waals surface area contributed by atoms with Gasteiger partial charge in [0.05, 0.1) is 30.6 Å². The fourth-order valence-corrected chi connectivity index (χ4v) is 1.21. The van der Waals surface area contributed by atoms with Crippen molar-refractivity contribution >= 4 is 17.6 Å². The molecule has 0 spiro atoms. The summed E-state index contributed by atoms with van der Waals surface area (Å²) in [7, 11) is 0. The number of hydrogen-bond acceptors (Lipinski definition) is 5. The van der Waals surface area contributed by atoms with Crippen LogP contribution in [0.25, 0.3) is 0 Å². The number of carbonyl (C=O) groups excluding carboxylic acids is 1. The van der Waals surface area contributed by atoms with E-state index >= 15 is 0 Å². The highest BCUT2D eigenvalue weighted by Crippen LogP contribution is 1.97. The molecule has 0 unspecified atom stereocenters. The zero-order valence-electron chi connectivity index (χ0n) is 7.23. The zero-order valence-corrected chi connectivity index (χ0v) is 8.04. The van der Waals surface area contributed by atoms with E-state index in [0.717, 1.165) is 11.7 Å². The van der Waals surface area contributed by atoms with Crippen molar-refractivity contribution in [2.24, 2.45) is 0 Å². The van der Waals surface area contributed by atoms with E-state index in [-0.39, 0.29) is 18.6 Å². The molecule has 0 aliphatic heterocycles. The fraction of sp³-hybridized carbons (Fsp3) is 0.571. The average molecular weight is 201 g/mol. The van der Waals surface area contributed by atoms with Crippen LogP contribution in [0, 0.1) is 0 Å². The van der Waals surface area contributed by atoms with E-state index in [1.54, 1.807) is 0 Å². The SMILES string of the molecule is CC[C@H](CO)NC(=O)c1cnsn1. The monoisotopic (exact) mass is 201 g/mol. The normalized spacial score (nSPS) is 12.5. The highest BCUT2D eigenvalue weighted by atomic mass is 32.1. The van der Waals surface area contributed by atoms with E-state index < -0.39 is 0 Å². The van der Waals surface area contributed by atoms with Crippen molar-refractivity contribution in [3.05, 3.63) is 11.9 Å².